The van der Waals surface area contributed by atoms with Gasteiger partial charge in [-0.1, -0.05) is 18.7 Å². The molecular formula is C9H16N2OS. The van der Waals surface area contributed by atoms with Crippen LogP contribution in [0.5, 0.6) is 0 Å². The second-order valence-electron chi connectivity index (χ2n) is 2.75. The second kappa shape index (κ2) is 6.97. The van der Waals surface area contributed by atoms with E-state index in [0.29, 0.717) is 0 Å². The highest BCUT2D eigenvalue weighted by atomic mass is 32.2. The van der Waals surface area contributed by atoms with Crippen LogP contribution in [0.1, 0.15) is 19.8 Å². The third-order valence-electron chi connectivity index (χ3n) is 1.56. The van der Waals surface area contributed by atoms with E-state index in [1.165, 1.54) is 6.42 Å². The zero-order valence-corrected chi connectivity index (χ0v) is 8.77. The van der Waals surface area contributed by atoms with E-state index in [1.54, 1.807) is 24.2 Å². The van der Waals surface area contributed by atoms with Gasteiger partial charge >= 0.3 is 0 Å². The molecule has 0 atom stereocenters. The fourth-order valence-corrected chi connectivity index (χ4v) is 1.66. The third-order valence-corrected chi connectivity index (χ3v) is 2.50. The third kappa shape index (κ3) is 4.95. The summed E-state index contributed by atoms with van der Waals surface area (Å²) in [7, 11) is 0. The summed E-state index contributed by atoms with van der Waals surface area (Å²) in [5, 5.41) is 4.12. The first-order valence-corrected chi connectivity index (χ1v) is 5.65. The zero-order chi connectivity index (χ0) is 9.36. The normalized spacial score (nSPS) is 10.5. The van der Waals surface area contributed by atoms with Crippen molar-refractivity contribution in [2.75, 3.05) is 18.8 Å². The number of nitrogens with zero attached hydrogens (tertiary/aromatic N) is 1. The van der Waals surface area contributed by atoms with Gasteiger partial charge < -0.3 is 9.73 Å². The van der Waals surface area contributed by atoms with Crippen LogP contribution in [0.2, 0.25) is 0 Å². The maximum absolute atomic E-state index is 5.09. The van der Waals surface area contributed by atoms with Crippen LogP contribution in [-0.4, -0.2) is 23.8 Å². The summed E-state index contributed by atoms with van der Waals surface area (Å²) in [6.45, 7) is 4.37. The van der Waals surface area contributed by atoms with Crippen molar-refractivity contribution in [1.29, 1.82) is 0 Å². The zero-order valence-electron chi connectivity index (χ0n) is 7.95. The molecule has 0 unspecified atom stereocenters. The van der Waals surface area contributed by atoms with Crippen molar-refractivity contribution in [1.82, 2.24) is 10.3 Å². The van der Waals surface area contributed by atoms with Crippen molar-refractivity contribution in [2.45, 2.75) is 25.0 Å². The molecule has 0 radical (unpaired) electrons. The maximum atomic E-state index is 5.09. The predicted molar refractivity (Wildman–Crippen MR) is 55.0 cm³/mol. The fraction of sp³-hybridized carbons (Fsp3) is 0.667. The Kier molecular flexibility index (Phi) is 5.69. The van der Waals surface area contributed by atoms with Crippen molar-refractivity contribution in [3.8, 4) is 0 Å². The summed E-state index contributed by atoms with van der Waals surface area (Å²) < 4.78 is 5.09. The number of rotatable bonds is 7. The highest BCUT2D eigenvalue weighted by Gasteiger charge is 1.96. The Morgan fingerprint density at radius 1 is 1.54 bits per heavy atom. The molecule has 0 spiro atoms. The number of hydrogen-bond acceptors (Lipinski definition) is 4. The summed E-state index contributed by atoms with van der Waals surface area (Å²) >= 11 is 1.67. The van der Waals surface area contributed by atoms with E-state index in [-0.39, 0.29) is 0 Å². The SMILES string of the molecule is CCCNCCCSc1ncco1. The lowest BCUT2D eigenvalue weighted by molar-refractivity contribution is 0.454. The van der Waals surface area contributed by atoms with Gasteiger partial charge in [0.2, 0.25) is 0 Å². The summed E-state index contributed by atoms with van der Waals surface area (Å²) in [6, 6.07) is 0. The smallest absolute Gasteiger partial charge is 0.255 e. The molecular weight excluding hydrogens is 184 g/mol. The average Bonchev–Trinajstić information content (AvgIpc) is 2.63. The Morgan fingerprint density at radius 3 is 3.15 bits per heavy atom. The van der Waals surface area contributed by atoms with Gasteiger partial charge in [-0.3, -0.25) is 0 Å². The van der Waals surface area contributed by atoms with Gasteiger partial charge in [-0.25, -0.2) is 4.98 Å². The van der Waals surface area contributed by atoms with E-state index in [0.717, 1.165) is 30.5 Å². The molecule has 1 rings (SSSR count). The molecule has 0 aliphatic heterocycles. The molecule has 1 N–H and O–H groups in total. The van der Waals surface area contributed by atoms with Crippen molar-refractivity contribution in [3.63, 3.8) is 0 Å². The van der Waals surface area contributed by atoms with Crippen molar-refractivity contribution < 1.29 is 4.42 Å². The fourth-order valence-electron chi connectivity index (χ4n) is 0.940. The van der Waals surface area contributed by atoms with E-state index < -0.39 is 0 Å². The first-order valence-electron chi connectivity index (χ1n) is 4.66. The molecule has 0 aromatic carbocycles. The minimum absolute atomic E-state index is 0.774. The average molecular weight is 200 g/mol. The molecule has 0 saturated carbocycles. The van der Waals surface area contributed by atoms with Crippen LogP contribution >= 0.6 is 11.8 Å². The number of oxazole rings is 1. The Morgan fingerprint density at radius 2 is 2.46 bits per heavy atom. The van der Waals surface area contributed by atoms with Crippen LogP contribution in [0, 0.1) is 0 Å². The second-order valence-corrected chi connectivity index (χ2v) is 3.80. The van der Waals surface area contributed by atoms with E-state index in [2.05, 4.69) is 17.2 Å². The molecule has 3 nitrogen and oxygen atoms in total. The van der Waals surface area contributed by atoms with Gasteiger partial charge in [0, 0.05) is 5.75 Å². The summed E-state index contributed by atoms with van der Waals surface area (Å²) in [5.41, 5.74) is 0. The van der Waals surface area contributed by atoms with Crippen molar-refractivity contribution >= 4 is 11.8 Å². The predicted octanol–water partition coefficient (Wildman–Crippen LogP) is 2.16. The summed E-state index contributed by atoms with van der Waals surface area (Å²) in [5.74, 6) is 1.07. The number of aromatic nitrogens is 1. The summed E-state index contributed by atoms with van der Waals surface area (Å²) in [4.78, 5) is 4.03. The van der Waals surface area contributed by atoms with E-state index in [9.17, 15) is 0 Å². The van der Waals surface area contributed by atoms with Crippen LogP contribution in [0.15, 0.2) is 22.1 Å². The minimum atomic E-state index is 0.774. The molecule has 4 heteroatoms. The van der Waals surface area contributed by atoms with Gasteiger partial charge in [-0.2, -0.15) is 0 Å². The van der Waals surface area contributed by atoms with E-state index >= 15 is 0 Å². The quantitative estimate of drug-likeness (QED) is 0.540. The van der Waals surface area contributed by atoms with Gasteiger partial charge in [0.05, 0.1) is 6.20 Å². The lowest BCUT2D eigenvalue weighted by Crippen LogP contribution is -2.16. The van der Waals surface area contributed by atoms with Gasteiger partial charge in [-0.05, 0) is 25.9 Å². The van der Waals surface area contributed by atoms with Crippen LogP contribution in [-0.2, 0) is 0 Å². The molecule has 0 saturated heterocycles. The molecule has 1 heterocycles. The van der Waals surface area contributed by atoms with Crippen molar-refractivity contribution in [3.05, 3.63) is 12.5 Å². The Bertz CT molecular complexity index is 201. The Labute approximate surface area is 83.3 Å². The van der Waals surface area contributed by atoms with Crippen LogP contribution in [0.25, 0.3) is 0 Å². The molecule has 13 heavy (non-hydrogen) atoms. The number of thioether (sulfide) groups is 1. The maximum Gasteiger partial charge on any atom is 0.255 e. The Hall–Kier alpha value is -0.480. The van der Waals surface area contributed by atoms with Crippen LogP contribution in [0.3, 0.4) is 0 Å². The topological polar surface area (TPSA) is 38.1 Å². The van der Waals surface area contributed by atoms with Gasteiger partial charge in [0.1, 0.15) is 6.26 Å². The molecule has 0 amide bonds. The summed E-state index contributed by atoms with van der Waals surface area (Å²) in [6.07, 6.45) is 5.65. The minimum Gasteiger partial charge on any atom is -0.440 e. The monoisotopic (exact) mass is 200 g/mol. The Balaban J connectivity index is 1.90. The van der Waals surface area contributed by atoms with Gasteiger partial charge in [0.25, 0.3) is 5.22 Å². The van der Waals surface area contributed by atoms with E-state index in [1.807, 2.05) is 0 Å². The van der Waals surface area contributed by atoms with Gasteiger partial charge in [-0.15, -0.1) is 0 Å². The van der Waals surface area contributed by atoms with Crippen LogP contribution in [0.4, 0.5) is 0 Å². The van der Waals surface area contributed by atoms with E-state index in [4.69, 9.17) is 4.42 Å². The van der Waals surface area contributed by atoms with Crippen molar-refractivity contribution in [2.24, 2.45) is 0 Å². The van der Waals surface area contributed by atoms with Crippen LogP contribution < -0.4 is 5.32 Å². The largest absolute Gasteiger partial charge is 0.440 e. The first kappa shape index (κ1) is 10.6. The lowest BCUT2D eigenvalue weighted by atomic mass is 10.4. The molecule has 0 bridgehead atoms. The first-order chi connectivity index (χ1) is 6.43. The highest BCUT2D eigenvalue weighted by Crippen LogP contribution is 2.14. The molecule has 1 aromatic rings. The molecule has 0 fully saturated rings. The molecule has 1 aromatic heterocycles. The van der Waals surface area contributed by atoms with Gasteiger partial charge in [0.15, 0.2) is 0 Å². The number of nitrogens with one attached hydrogen (secondary N) is 1. The standard InChI is InChI=1S/C9H16N2OS/c1-2-4-10-5-3-8-13-9-11-6-7-12-9/h6-7,10H,2-5,8H2,1H3. The molecule has 0 aliphatic rings. The number of hydrogen-bond donors (Lipinski definition) is 1. The highest BCUT2D eigenvalue weighted by molar-refractivity contribution is 7.99. The molecule has 74 valence electrons. The lowest BCUT2D eigenvalue weighted by Gasteiger charge is -2.00. The molecule has 0 aliphatic carbocycles.